The van der Waals surface area contributed by atoms with Crippen LogP contribution in [0.15, 0.2) is 12.7 Å². The number of nitrogens with zero attached hydrogens (tertiary/aromatic N) is 4. The largest absolute Gasteiger partial charge is 0.479 e. The van der Waals surface area contributed by atoms with Gasteiger partial charge in [0.15, 0.2) is 28.9 Å². The smallest absolute Gasteiger partial charge is 0.335 e. The second kappa shape index (κ2) is 4.84. The summed E-state index contributed by atoms with van der Waals surface area (Å²) >= 11 is 5.99. The number of rotatable bonds is 2. The number of carboxylic acid groups (broad SMARTS) is 1. The maximum absolute atomic E-state index is 11.5. The predicted molar refractivity (Wildman–Crippen MR) is 75.7 cm³/mol. The first-order chi connectivity index (χ1) is 10.9. The van der Waals surface area contributed by atoms with Gasteiger partial charge in [0.1, 0.15) is 24.1 Å². The SMILES string of the molecule is CC1(C)OC2[C@@H](C(=O)O)O[C@@H](n3cnc4c(Cl)ncnc43)[C@H]2O1. The fraction of sp³-hybridized carbons (Fsp3) is 0.538. The van der Waals surface area contributed by atoms with Crippen LogP contribution in [0.4, 0.5) is 0 Å². The lowest BCUT2D eigenvalue weighted by Gasteiger charge is -2.23. The molecule has 10 heteroatoms. The molecule has 0 radical (unpaired) electrons. The molecule has 4 atom stereocenters. The Bertz CT molecular complexity index is 794. The molecular weight excluding hydrogens is 328 g/mol. The predicted octanol–water partition coefficient (Wildman–Crippen LogP) is 0.982. The molecular formula is C13H13ClN4O5. The number of aliphatic carboxylic acids is 1. The van der Waals surface area contributed by atoms with Gasteiger partial charge in [-0.1, -0.05) is 11.6 Å². The van der Waals surface area contributed by atoms with Crippen molar-refractivity contribution in [2.24, 2.45) is 0 Å². The summed E-state index contributed by atoms with van der Waals surface area (Å²) in [4.78, 5) is 23.6. The van der Waals surface area contributed by atoms with E-state index in [-0.39, 0.29) is 5.15 Å². The molecule has 0 spiro atoms. The van der Waals surface area contributed by atoms with E-state index in [2.05, 4.69) is 15.0 Å². The lowest BCUT2D eigenvalue weighted by Crippen LogP contribution is -2.35. The van der Waals surface area contributed by atoms with Crippen molar-refractivity contribution in [3.05, 3.63) is 17.8 Å². The standard InChI is InChI=1S/C13H13ClN4O5/c1-13(2)22-6-7(23-13)11(21-8(6)12(19)20)18-4-17-5-9(14)15-3-16-10(5)18/h3-4,6-8,11H,1-2H3,(H,19,20)/t6?,7-,8-,11+/m0/s1. The average Bonchev–Trinajstić information content (AvgIpc) is 3.09. The van der Waals surface area contributed by atoms with E-state index in [0.29, 0.717) is 11.2 Å². The maximum atomic E-state index is 11.5. The normalized spacial score (nSPS) is 32.3. The summed E-state index contributed by atoms with van der Waals surface area (Å²) in [7, 11) is 0. The monoisotopic (exact) mass is 340 g/mol. The number of halogens is 1. The molecule has 23 heavy (non-hydrogen) atoms. The highest BCUT2D eigenvalue weighted by Crippen LogP contribution is 2.43. The van der Waals surface area contributed by atoms with Gasteiger partial charge in [0, 0.05) is 0 Å². The summed E-state index contributed by atoms with van der Waals surface area (Å²) < 4.78 is 18.8. The van der Waals surface area contributed by atoms with Gasteiger partial charge in [-0.3, -0.25) is 4.57 Å². The number of fused-ring (bicyclic) bond motifs is 2. The van der Waals surface area contributed by atoms with Crippen molar-refractivity contribution in [1.29, 1.82) is 0 Å². The van der Waals surface area contributed by atoms with Gasteiger partial charge in [-0.2, -0.15) is 0 Å². The summed E-state index contributed by atoms with van der Waals surface area (Å²) in [6, 6.07) is 0. The van der Waals surface area contributed by atoms with Crippen molar-refractivity contribution < 1.29 is 24.1 Å². The van der Waals surface area contributed by atoms with Crippen LogP contribution in [0, 0.1) is 0 Å². The first-order valence-electron chi connectivity index (χ1n) is 6.94. The second-order valence-electron chi connectivity index (χ2n) is 5.84. The zero-order valence-corrected chi connectivity index (χ0v) is 13.0. The Balaban J connectivity index is 1.78. The molecule has 2 aromatic rings. The minimum atomic E-state index is -1.14. The van der Waals surface area contributed by atoms with Crippen LogP contribution in [-0.2, 0) is 19.0 Å². The van der Waals surface area contributed by atoms with Crippen molar-refractivity contribution in [3.63, 3.8) is 0 Å². The Morgan fingerprint density at radius 1 is 1.30 bits per heavy atom. The van der Waals surface area contributed by atoms with E-state index in [0.717, 1.165) is 0 Å². The minimum absolute atomic E-state index is 0.210. The Kier molecular flexibility index (Phi) is 3.11. The van der Waals surface area contributed by atoms with Crippen LogP contribution in [0.5, 0.6) is 0 Å². The van der Waals surface area contributed by atoms with Gasteiger partial charge in [0.2, 0.25) is 0 Å². The summed E-state index contributed by atoms with van der Waals surface area (Å²) in [5, 5.41) is 9.58. The van der Waals surface area contributed by atoms with E-state index < -0.39 is 36.3 Å². The molecule has 0 amide bonds. The Hall–Kier alpha value is -1.81. The fourth-order valence-corrected chi connectivity index (χ4v) is 3.19. The molecule has 1 unspecified atom stereocenters. The van der Waals surface area contributed by atoms with Crippen molar-refractivity contribution in [3.8, 4) is 0 Å². The van der Waals surface area contributed by atoms with Crippen molar-refractivity contribution in [2.45, 2.75) is 44.2 Å². The summed E-state index contributed by atoms with van der Waals surface area (Å²) in [5.41, 5.74) is 0.847. The number of carbonyl (C=O) groups is 1. The van der Waals surface area contributed by atoms with Crippen molar-refractivity contribution in [2.75, 3.05) is 0 Å². The van der Waals surface area contributed by atoms with Crippen LogP contribution < -0.4 is 0 Å². The number of hydrogen-bond acceptors (Lipinski definition) is 7. The molecule has 2 saturated heterocycles. The molecule has 2 aromatic heterocycles. The van der Waals surface area contributed by atoms with Crippen molar-refractivity contribution >= 4 is 28.7 Å². The molecule has 9 nitrogen and oxygen atoms in total. The zero-order chi connectivity index (χ0) is 16.4. The van der Waals surface area contributed by atoms with Gasteiger partial charge >= 0.3 is 5.97 Å². The molecule has 0 bridgehead atoms. The zero-order valence-electron chi connectivity index (χ0n) is 12.2. The quantitative estimate of drug-likeness (QED) is 0.806. The number of ether oxygens (including phenoxy) is 3. The summed E-state index contributed by atoms with van der Waals surface area (Å²) in [6.07, 6.45) is -0.411. The molecule has 1 N–H and O–H groups in total. The molecule has 4 rings (SSSR count). The summed E-state index contributed by atoms with van der Waals surface area (Å²) in [5.74, 6) is -2.01. The number of imidazole rings is 1. The molecule has 2 fully saturated rings. The third-order valence-electron chi connectivity index (χ3n) is 3.86. The fourth-order valence-electron chi connectivity index (χ4n) is 3.01. The minimum Gasteiger partial charge on any atom is -0.479 e. The van der Waals surface area contributed by atoms with Crippen LogP contribution in [-0.4, -0.2) is 54.7 Å². The molecule has 2 aliphatic heterocycles. The molecule has 2 aliphatic rings. The Morgan fingerprint density at radius 2 is 2.04 bits per heavy atom. The third-order valence-corrected chi connectivity index (χ3v) is 4.14. The van der Waals surface area contributed by atoms with Gasteiger partial charge < -0.3 is 19.3 Å². The Morgan fingerprint density at radius 3 is 2.78 bits per heavy atom. The van der Waals surface area contributed by atoms with E-state index in [1.165, 1.54) is 12.7 Å². The molecule has 4 heterocycles. The Labute approximate surface area is 135 Å². The molecule has 0 saturated carbocycles. The number of aromatic nitrogens is 4. The van der Waals surface area contributed by atoms with E-state index in [9.17, 15) is 9.90 Å². The van der Waals surface area contributed by atoms with Crippen molar-refractivity contribution in [1.82, 2.24) is 19.5 Å². The lowest BCUT2D eigenvalue weighted by molar-refractivity contribution is -0.202. The first-order valence-corrected chi connectivity index (χ1v) is 7.32. The van der Waals surface area contributed by atoms with Crippen LogP contribution in [0.3, 0.4) is 0 Å². The van der Waals surface area contributed by atoms with E-state index in [1.807, 2.05) is 0 Å². The molecule has 0 aromatic carbocycles. The van der Waals surface area contributed by atoms with E-state index in [4.69, 9.17) is 25.8 Å². The maximum Gasteiger partial charge on any atom is 0.335 e. The average molecular weight is 341 g/mol. The topological polar surface area (TPSA) is 109 Å². The molecule has 122 valence electrons. The van der Waals surface area contributed by atoms with E-state index >= 15 is 0 Å². The summed E-state index contributed by atoms with van der Waals surface area (Å²) in [6.45, 7) is 3.46. The van der Waals surface area contributed by atoms with Gasteiger partial charge in [-0.15, -0.1) is 0 Å². The van der Waals surface area contributed by atoms with Gasteiger partial charge in [0.05, 0.1) is 6.33 Å². The van der Waals surface area contributed by atoms with Crippen LogP contribution >= 0.6 is 11.6 Å². The highest BCUT2D eigenvalue weighted by atomic mass is 35.5. The third kappa shape index (κ3) is 2.19. The highest BCUT2D eigenvalue weighted by Gasteiger charge is 2.58. The van der Waals surface area contributed by atoms with Crippen LogP contribution in [0.2, 0.25) is 5.15 Å². The molecule has 0 aliphatic carbocycles. The van der Waals surface area contributed by atoms with Gasteiger partial charge in [0.25, 0.3) is 0 Å². The van der Waals surface area contributed by atoms with Gasteiger partial charge in [-0.05, 0) is 13.8 Å². The number of carboxylic acids is 1. The first kappa shape index (κ1) is 14.8. The van der Waals surface area contributed by atoms with E-state index in [1.54, 1.807) is 18.4 Å². The van der Waals surface area contributed by atoms with Gasteiger partial charge in [-0.25, -0.2) is 19.7 Å². The van der Waals surface area contributed by atoms with Crippen LogP contribution in [0.1, 0.15) is 20.1 Å². The van der Waals surface area contributed by atoms with Crippen LogP contribution in [0.25, 0.3) is 11.2 Å². The highest BCUT2D eigenvalue weighted by molar-refractivity contribution is 6.33. The number of hydrogen-bond donors (Lipinski definition) is 1. The second-order valence-corrected chi connectivity index (χ2v) is 6.20. The lowest BCUT2D eigenvalue weighted by atomic mass is 10.1.